The number of hydrogen-bond donors (Lipinski definition) is 1. The molecule has 7 heteroatoms. The molecular formula is C18H14FN3O3. The van der Waals surface area contributed by atoms with Gasteiger partial charge in [0, 0.05) is 6.21 Å². The summed E-state index contributed by atoms with van der Waals surface area (Å²) in [6.07, 6.45) is 1.05. The normalized spacial score (nSPS) is 17.9. The molecule has 2 aromatic rings. The van der Waals surface area contributed by atoms with Gasteiger partial charge in [-0.1, -0.05) is 29.8 Å². The molecule has 0 unspecified atom stereocenters. The smallest absolute Gasteiger partial charge is 0.276 e. The molecule has 1 N–H and O–H groups in total. The fourth-order valence-electron chi connectivity index (χ4n) is 2.37. The molecule has 3 rings (SSSR count). The zero-order valence-electron chi connectivity index (χ0n) is 13.3. The number of nitrogens with one attached hydrogen (secondary N) is 1. The number of carbonyl (C=O) groups excluding carboxylic acids is 3. The summed E-state index contributed by atoms with van der Waals surface area (Å²) in [4.78, 5) is 41.4. The van der Waals surface area contributed by atoms with E-state index >= 15 is 0 Å². The second kappa shape index (κ2) is 6.64. The molecule has 1 fully saturated rings. The van der Waals surface area contributed by atoms with Crippen molar-refractivity contribution in [3.8, 4) is 0 Å². The first kappa shape index (κ1) is 16.5. The van der Waals surface area contributed by atoms with E-state index in [0.29, 0.717) is 5.69 Å². The van der Waals surface area contributed by atoms with Crippen LogP contribution in [0.5, 0.6) is 0 Å². The van der Waals surface area contributed by atoms with Crippen molar-refractivity contribution in [1.29, 1.82) is 0 Å². The third-order valence-corrected chi connectivity index (χ3v) is 3.71. The van der Waals surface area contributed by atoms with Gasteiger partial charge in [0.05, 0.1) is 11.4 Å². The fraction of sp³-hybridized carbons (Fsp3) is 0.111. The quantitative estimate of drug-likeness (QED) is 0.690. The molecule has 0 saturated carbocycles. The number of para-hydroxylation sites is 1. The van der Waals surface area contributed by atoms with Crippen LogP contribution in [0.4, 0.5) is 20.6 Å². The van der Waals surface area contributed by atoms with Crippen molar-refractivity contribution >= 4 is 35.4 Å². The number of imide groups is 2. The van der Waals surface area contributed by atoms with Gasteiger partial charge < -0.3 is 0 Å². The van der Waals surface area contributed by atoms with Crippen molar-refractivity contribution in [3.63, 3.8) is 0 Å². The standard InChI is InChI=1S/C18H14FN3O3/c1-11-6-8-12(9-7-11)22-17(24)13(16(23)21-18(22)25)10-20-15-5-3-2-4-14(15)19/h2-10,13H,1H3,(H,21,23,25)/t13-/m1/s1. The van der Waals surface area contributed by atoms with Gasteiger partial charge in [0.2, 0.25) is 5.91 Å². The maximum atomic E-state index is 13.6. The van der Waals surface area contributed by atoms with E-state index in [4.69, 9.17) is 0 Å². The highest BCUT2D eigenvalue weighted by Crippen LogP contribution is 2.22. The zero-order chi connectivity index (χ0) is 18.0. The minimum atomic E-state index is -1.32. The number of aryl methyl sites for hydroxylation is 1. The van der Waals surface area contributed by atoms with E-state index in [1.54, 1.807) is 30.3 Å². The van der Waals surface area contributed by atoms with E-state index in [2.05, 4.69) is 10.3 Å². The third-order valence-electron chi connectivity index (χ3n) is 3.71. The predicted octanol–water partition coefficient (Wildman–Crippen LogP) is 2.74. The van der Waals surface area contributed by atoms with Crippen LogP contribution in [0.1, 0.15) is 5.56 Å². The largest absolute Gasteiger partial charge is 0.335 e. The Bertz CT molecular complexity index is 877. The number of rotatable bonds is 3. The molecule has 6 nitrogen and oxygen atoms in total. The van der Waals surface area contributed by atoms with Crippen molar-refractivity contribution in [1.82, 2.24) is 5.32 Å². The lowest BCUT2D eigenvalue weighted by Gasteiger charge is -2.28. The van der Waals surface area contributed by atoms with E-state index in [0.717, 1.165) is 16.7 Å². The molecule has 2 aromatic carbocycles. The Morgan fingerprint density at radius 1 is 1.08 bits per heavy atom. The Kier molecular flexibility index (Phi) is 4.38. The molecule has 1 atom stereocenters. The summed E-state index contributed by atoms with van der Waals surface area (Å²) in [6.45, 7) is 1.87. The van der Waals surface area contributed by atoms with Crippen LogP contribution in [-0.2, 0) is 9.59 Å². The molecule has 0 spiro atoms. The Balaban J connectivity index is 1.90. The van der Waals surface area contributed by atoms with E-state index in [-0.39, 0.29) is 5.69 Å². The van der Waals surface area contributed by atoms with E-state index in [1.165, 1.54) is 18.2 Å². The number of hydrogen-bond acceptors (Lipinski definition) is 4. The lowest BCUT2D eigenvalue weighted by Crippen LogP contribution is -2.58. The molecule has 1 aliphatic heterocycles. The minimum Gasteiger partial charge on any atom is -0.276 e. The number of urea groups is 1. The maximum absolute atomic E-state index is 13.6. The lowest BCUT2D eigenvalue weighted by atomic mass is 10.1. The molecule has 25 heavy (non-hydrogen) atoms. The summed E-state index contributed by atoms with van der Waals surface area (Å²) in [5.74, 6) is -3.43. The van der Waals surface area contributed by atoms with Crippen LogP contribution in [0.2, 0.25) is 0 Å². The molecule has 0 bridgehead atoms. The second-order valence-electron chi connectivity index (χ2n) is 5.51. The number of benzene rings is 2. The Hall–Kier alpha value is -3.35. The molecule has 0 aromatic heterocycles. The third kappa shape index (κ3) is 3.30. The van der Waals surface area contributed by atoms with Crippen LogP contribution in [0.15, 0.2) is 53.5 Å². The number of carbonyl (C=O) groups is 3. The molecule has 1 aliphatic rings. The second-order valence-corrected chi connectivity index (χ2v) is 5.51. The predicted molar refractivity (Wildman–Crippen MR) is 90.2 cm³/mol. The van der Waals surface area contributed by atoms with Gasteiger partial charge in [-0.15, -0.1) is 0 Å². The number of barbiturate groups is 1. The van der Waals surface area contributed by atoms with E-state index in [9.17, 15) is 18.8 Å². The average Bonchev–Trinajstić information content (AvgIpc) is 2.57. The fourth-order valence-corrected chi connectivity index (χ4v) is 2.37. The highest BCUT2D eigenvalue weighted by Gasteiger charge is 2.40. The highest BCUT2D eigenvalue weighted by molar-refractivity contribution is 6.32. The van der Waals surface area contributed by atoms with Gasteiger partial charge in [-0.2, -0.15) is 0 Å². The Labute approximate surface area is 143 Å². The first-order valence-corrected chi connectivity index (χ1v) is 7.51. The van der Waals surface area contributed by atoms with Crippen molar-refractivity contribution in [2.75, 3.05) is 4.90 Å². The molecular weight excluding hydrogens is 325 g/mol. The number of halogens is 1. The number of anilines is 1. The lowest BCUT2D eigenvalue weighted by molar-refractivity contribution is -0.131. The van der Waals surface area contributed by atoms with Gasteiger partial charge >= 0.3 is 6.03 Å². The zero-order valence-corrected chi connectivity index (χ0v) is 13.3. The Morgan fingerprint density at radius 3 is 2.44 bits per heavy atom. The summed E-state index contributed by atoms with van der Waals surface area (Å²) < 4.78 is 13.6. The number of amides is 4. The number of nitrogens with zero attached hydrogens (tertiary/aromatic N) is 2. The van der Waals surface area contributed by atoms with Gasteiger partial charge in [0.1, 0.15) is 5.82 Å². The van der Waals surface area contributed by atoms with Crippen LogP contribution in [0, 0.1) is 18.7 Å². The molecule has 0 radical (unpaired) electrons. The SMILES string of the molecule is Cc1ccc(N2C(=O)NC(=O)[C@@H](C=Nc3ccccc3F)C2=O)cc1. The first-order chi connectivity index (χ1) is 12.0. The van der Waals surface area contributed by atoms with Crippen LogP contribution >= 0.6 is 0 Å². The molecule has 0 aliphatic carbocycles. The topological polar surface area (TPSA) is 78.8 Å². The summed E-state index contributed by atoms with van der Waals surface area (Å²) in [7, 11) is 0. The van der Waals surface area contributed by atoms with Crippen molar-refractivity contribution in [2.45, 2.75) is 6.92 Å². The molecule has 1 saturated heterocycles. The minimum absolute atomic E-state index is 0.00175. The van der Waals surface area contributed by atoms with Crippen molar-refractivity contribution < 1.29 is 18.8 Å². The summed E-state index contributed by atoms with van der Waals surface area (Å²) in [5.41, 5.74) is 1.30. The maximum Gasteiger partial charge on any atom is 0.335 e. The van der Waals surface area contributed by atoms with E-state index < -0.39 is 29.6 Å². The van der Waals surface area contributed by atoms with Gasteiger partial charge in [0.15, 0.2) is 5.92 Å². The number of aliphatic imine (C=N–C) groups is 1. The van der Waals surface area contributed by atoms with Crippen LogP contribution in [0.3, 0.4) is 0 Å². The van der Waals surface area contributed by atoms with Crippen LogP contribution in [0.25, 0.3) is 0 Å². The monoisotopic (exact) mass is 339 g/mol. The summed E-state index contributed by atoms with van der Waals surface area (Å²) in [5, 5.41) is 2.12. The van der Waals surface area contributed by atoms with Gasteiger partial charge in [-0.05, 0) is 31.2 Å². The van der Waals surface area contributed by atoms with Gasteiger partial charge in [-0.25, -0.2) is 14.1 Å². The summed E-state index contributed by atoms with van der Waals surface area (Å²) >= 11 is 0. The van der Waals surface area contributed by atoms with Gasteiger partial charge in [-0.3, -0.25) is 19.9 Å². The molecule has 1 heterocycles. The van der Waals surface area contributed by atoms with Crippen LogP contribution < -0.4 is 10.2 Å². The van der Waals surface area contributed by atoms with Crippen molar-refractivity contribution in [2.24, 2.45) is 10.9 Å². The van der Waals surface area contributed by atoms with Crippen molar-refractivity contribution in [3.05, 3.63) is 59.9 Å². The van der Waals surface area contributed by atoms with E-state index in [1.807, 2.05) is 6.92 Å². The summed E-state index contributed by atoms with van der Waals surface area (Å²) in [6, 6.07) is 11.6. The average molecular weight is 339 g/mol. The molecule has 126 valence electrons. The van der Waals surface area contributed by atoms with Gasteiger partial charge in [0.25, 0.3) is 5.91 Å². The first-order valence-electron chi connectivity index (χ1n) is 7.51. The van der Waals surface area contributed by atoms with Crippen LogP contribution in [-0.4, -0.2) is 24.1 Å². The highest BCUT2D eigenvalue weighted by atomic mass is 19.1. The molecule has 4 amide bonds. The Morgan fingerprint density at radius 2 is 1.76 bits per heavy atom.